The molecule has 0 saturated carbocycles. The number of ether oxygens (including phenoxy) is 1. The van der Waals surface area contributed by atoms with Crippen LogP contribution in [0.5, 0.6) is 11.5 Å². The minimum atomic E-state index is -5.00. The summed E-state index contributed by atoms with van der Waals surface area (Å²) in [7, 11) is 0. The number of aliphatic hydroxyl groups excluding tert-OH is 1. The SMILES string of the molecule is CCOc1cc(C=C2CCC(C(=O)C(F)(F)F)=C2O)ccc1O. The standard InChI is InChI=1S/C16H15F3O4/c1-2-23-13-8-9(3-6-12(13)20)7-10-4-5-11(14(10)21)15(22)16(17,18)19/h3,6-8,20-21H,2,4-5H2,1H3. The van der Waals surface area contributed by atoms with E-state index < -0.39 is 23.3 Å². The molecule has 0 amide bonds. The van der Waals surface area contributed by atoms with Crippen molar-refractivity contribution in [3.8, 4) is 11.5 Å². The van der Waals surface area contributed by atoms with Crippen molar-refractivity contribution in [1.82, 2.24) is 0 Å². The molecule has 23 heavy (non-hydrogen) atoms. The van der Waals surface area contributed by atoms with Gasteiger partial charge in [0.1, 0.15) is 5.76 Å². The molecule has 0 saturated heterocycles. The van der Waals surface area contributed by atoms with Crippen molar-refractivity contribution in [3.63, 3.8) is 0 Å². The fourth-order valence-corrected chi connectivity index (χ4v) is 2.32. The number of ketones is 1. The highest BCUT2D eigenvalue weighted by Gasteiger charge is 2.43. The van der Waals surface area contributed by atoms with E-state index in [1.54, 1.807) is 6.92 Å². The fourth-order valence-electron chi connectivity index (χ4n) is 2.32. The number of aliphatic hydroxyl groups is 1. The van der Waals surface area contributed by atoms with E-state index >= 15 is 0 Å². The van der Waals surface area contributed by atoms with Gasteiger partial charge >= 0.3 is 6.18 Å². The summed E-state index contributed by atoms with van der Waals surface area (Å²) in [6.07, 6.45) is -3.56. The van der Waals surface area contributed by atoms with Crippen LogP contribution in [0.25, 0.3) is 6.08 Å². The molecule has 124 valence electrons. The van der Waals surface area contributed by atoms with Crippen LogP contribution in [0.2, 0.25) is 0 Å². The Morgan fingerprint density at radius 3 is 2.61 bits per heavy atom. The first-order chi connectivity index (χ1) is 10.7. The van der Waals surface area contributed by atoms with Crippen molar-refractivity contribution >= 4 is 11.9 Å². The fraction of sp³-hybridized carbons (Fsp3) is 0.312. The minimum Gasteiger partial charge on any atom is -0.507 e. The summed E-state index contributed by atoms with van der Waals surface area (Å²) in [4.78, 5) is 11.2. The van der Waals surface area contributed by atoms with Gasteiger partial charge in [0.25, 0.3) is 5.78 Å². The van der Waals surface area contributed by atoms with Crippen molar-refractivity contribution in [1.29, 1.82) is 0 Å². The van der Waals surface area contributed by atoms with E-state index in [2.05, 4.69) is 0 Å². The third-order valence-corrected chi connectivity index (χ3v) is 3.39. The molecule has 4 nitrogen and oxygen atoms in total. The Hall–Kier alpha value is -2.44. The number of carbonyl (C=O) groups is 1. The van der Waals surface area contributed by atoms with E-state index in [0.717, 1.165) is 0 Å². The number of phenols is 1. The van der Waals surface area contributed by atoms with E-state index in [4.69, 9.17) is 4.74 Å². The van der Waals surface area contributed by atoms with E-state index in [-0.39, 0.29) is 29.9 Å². The quantitative estimate of drug-likeness (QED) is 0.879. The maximum absolute atomic E-state index is 12.5. The monoisotopic (exact) mass is 328 g/mol. The number of alkyl halides is 3. The summed E-state index contributed by atoms with van der Waals surface area (Å²) >= 11 is 0. The van der Waals surface area contributed by atoms with Crippen molar-refractivity contribution < 1.29 is 32.9 Å². The molecule has 1 aliphatic carbocycles. The zero-order valence-electron chi connectivity index (χ0n) is 12.3. The van der Waals surface area contributed by atoms with Gasteiger partial charge in [-0.05, 0) is 49.1 Å². The van der Waals surface area contributed by atoms with Gasteiger partial charge in [-0.25, -0.2) is 0 Å². The number of phenolic OH excluding ortho intramolecular Hbond substituents is 1. The number of carbonyl (C=O) groups excluding carboxylic acids is 1. The summed E-state index contributed by atoms with van der Waals surface area (Å²) in [6, 6.07) is 4.42. The van der Waals surface area contributed by atoms with Crippen LogP contribution in [0.1, 0.15) is 25.3 Å². The third kappa shape index (κ3) is 3.67. The summed E-state index contributed by atoms with van der Waals surface area (Å²) < 4.78 is 42.6. The second-order valence-corrected chi connectivity index (χ2v) is 4.98. The highest BCUT2D eigenvalue weighted by molar-refractivity contribution is 6.01. The number of Topliss-reactive ketones (excluding diaryl/α,β-unsaturated/α-hetero) is 1. The van der Waals surface area contributed by atoms with Gasteiger partial charge in [0.15, 0.2) is 11.5 Å². The number of benzene rings is 1. The van der Waals surface area contributed by atoms with Gasteiger partial charge in [-0.1, -0.05) is 6.07 Å². The summed E-state index contributed by atoms with van der Waals surface area (Å²) in [5.41, 5.74) is 0.159. The second kappa shape index (κ2) is 6.36. The Balaban J connectivity index is 2.33. The van der Waals surface area contributed by atoms with Crippen LogP contribution in [0, 0.1) is 0 Å². The number of rotatable bonds is 4. The van der Waals surface area contributed by atoms with Crippen LogP contribution in [-0.2, 0) is 4.79 Å². The number of aromatic hydroxyl groups is 1. The lowest BCUT2D eigenvalue weighted by Gasteiger charge is -2.07. The maximum Gasteiger partial charge on any atom is 0.454 e. The van der Waals surface area contributed by atoms with E-state index in [0.29, 0.717) is 12.2 Å². The topological polar surface area (TPSA) is 66.8 Å². The first-order valence-corrected chi connectivity index (χ1v) is 6.94. The molecule has 0 bridgehead atoms. The molecule has 2 N–H and O–H groups in total. The zero-order chi connectivity index (χ0) is 17.2. The smallest absolute Gasteiger partial charge is 0.454 e. The predicted octanol–water partition coefficient (Wildman–Crippen LogP) is 3.91. The summed E-state index contributed by atoms with van der Waals surface area (Å²) in [5, 5.41) is 19.5. The maximum atomic E-state index is 12.5. The van der Waals surface area contributed by atoms with E-state index in [1.165, 1.54) is 24.3 Å². The Kier molecular flexibility index (Phi) is 4.68. The molecule has 1 aliphatic rings. The van der Waals surface area contributed by atoms with Crippen LogP contribution >= 0.6 is 0 Å². The van der Waals surface area contributed by atoms with Gasteiger partial charge in [-0.3, -0.25) is 4.79 Å². The largest absolute Gasteiger partial charge is 0.507 e. The van der Waals surface area contributed by atoms with Crippen molar-refractivity contribution in [2.45, 2.75) is 25.9 Å². The molecular formula is C16H15F3O4. The van der Waals surface area contributed by atoms with Crippen LogP contribution < -0.4 is 4.74 Å². The van der Waals surface area contributed by atoms with Crippen molar-refractivity contribution in [2.75, 3.05) is 6.61 Å². The van der Waals surface area contributed by atoms with Crippen molar-refractivity contribution in [3.05, 3.63) is 40.7 Å². The average molecular weight is 328 g/mol. The van der Waals surface area contributed by atoms with E-state index in [1.807, 2.05) is 0 Å². The van der Waals surface area contributed by atoms with Gasteiger partial charge < -0.3 is 14.9 Å². The summed E-state index contributed by atoms with van der Waals surface area (Å²) in [5.74, 6) is -2.47. The Morgan fingerprint density at radius 1 is 1.30 bits per heavy atom. The van der Waals surface area contributed by atoms with Gasteiger partial charge in [-0.2, -0.15) is 13.2 Å². The molecule has 0 spiro atoms. The number of hydrogen-bond acceptors (Lipinski definition) is 4. The molecule has 0 atom stereocenters. The lowest BCUT2D eigenvalue weighted by Crippen LogP contribution is -2.24. The Labute approximate surface area is 130 Å². The second-order valence-electron chi connectivity index (χ2n) is 4.98. The molecule has 0 heterocycles. The molecule has 0 unspecified atom stereocenters. The average Bonchev–Trinajstić information content (AvgIpc) is 2.82. The third-order valence-electron chi connectivity index (χ3n) is 3.39. The molecule has 7 heteroatoms. The Bertz CT molecular complexity index is 687. The van der Waals surface area contributed by atoms with Crippen LogP contribution in [0.15, 0.2) is 35.1 Å². The van der Waals surface area contributed by atoms with Crippen LogP contribution in [0.4, 0.5) is 13.2 Å². The van der Waals surface area contributed by atoms with Crippen LogP contribution in [-0.4, -0.2) is 28.8 Å². The van der Waals surface area contributed by atoms with Crippen molar-refractivity contribution in [2.24, 2.45) is 0 Å². The van der Waals surface area contributed by atoms with Gasteiger partial charge in [0.05, 0.1) is 6.61 Å². The summed E-state index contributed by atoms with van der Waals surface area (Å²) in [6.45, 7) is 2.08. The number of halogens is 3. The molecule has 0 aliphatic heterocycles. The number of allylic oxidation sites excluding steroid dienone is 2. The van der Waals surface area contributed by atoms with Crippen LogP contribution in [0.3, 0.4) is 0 Å². The highest BCUT2D eigenvalue weighted by Crippen LogP contribution is 2.36. The molecule has 1 aromatic rings. The van der Waals surface area contributed by atoms with Gasteiger partial charge in [-0.15, -0.1) is 0 Å². The number of hydrogen-bond donors (Lipinski definition) is 2. The van der Waals surface area contributed by atoms with Gasteiger partial charge in [0.2, 0.25) is 0 Å². The lowest BCUT2D eigenvalue weighted by molar-refractivity contribution is -0.166. The highest BCUT2D eigenvalue weighted by atomic mass is 19.4. The normalized spacial score (nSPS) is 17.0. The lowest BCUT2D eigenvalue weighted by atomic mass is 10.1. The molecule has 0 fully saturated rings. The van der Waals surface area contributed by atoms with Gasteiger partial charge in [0, 0.05) is 5.57 Å². The molecule has 1 aromatic carbocycles. The first-order valence-electron chi connectivity index (χ1n) is 6.94. The Morgan fingerprint density at radius 2 is 2.00 bits per heavy atom. The van der Waals surface area contributed by atoms with E-state index in [9.17, 15) is 28.2 Å². The molecule has 0 radical (unpaired) electrons. The first kappa shape index (κ1) is 16.9. The molecular weight excluding hydrogens is 313 g/mol. The molecule has 2 rings (SSSR count). The predicted molar refractivity (Wildman–Crippen MR) is 77.2 cm³/mol. The minimum absolute atomic E-state index is 0.0619. The molecule has 0 aromatic heterocycles. The zero-order valence-corrected chi connectivity index (χ0v) is 12.3.